The molecule has 0 radical (unpaired) electrons. The molecule has 0 aromatic heterocycles. The number of carbonyl (C=O) groups excluding carboxylic acids is 1. The predicted molar refractivity (Wildman–Crippen MR) is 57.1 cm³/mol. The van der Waals surface area contributed by atoms with Crippen LogP contribution in [0.2, 0.25) is 0 Å². The summed E-state index contributed by atoms with van der Waals surface area (Å²) in [6.07, 6.45) is 2.77. The van der Waals surface area contributed by atoms with Crippen LogP contribution in [0.15, 0.2) is 0 Å². The van der Waals surface area contributed by atoms with Gasteiger partial charge in [0.1, 0.15) is 0 Å². The van der Waals surface area contributed by atoms with Crippen LogP contribution in [0.4, 0.5) is 4.79 Å². The highest BCUT2D eigenvalue weighted by atomic mass is 16.4. The van der Waals surface area contributed by atoms with Crippen LogP contribution in [0.25, 0.3) is 0 Å². The van der Waals surface area contributed by atoms with Gasteiger partial charge in [-0.2, -0.15) is 0 Å². The Kier molecular flexibility index (Phi) is 4.54. The number of aliphatic carboxylic acids is 1. The van der Waals surface area contributed by atoms with Gasteiger partial charge in [-0.15, -0.1) is 0 Å². The smallest absolute Gasteiger partial charge is 0.328 e. The number of hydrogen-bond donors (Lipinski definition) is 3. The zero-order valence-corrected chi connectivity index (χ0v) is 9.35. The maximum Gasteiger partial charge on any atom is 0.328 e. The third-order valence-electron chi connectivity index (χ3n) is 2.89. The fourth-order valence-electron chi connectivity index (χ4n) is 1.94. The summed E-state index contributed by atoms with van der Waals surface area (Å²) in [5.41, 5.74) is 0. The summed E-state index contributed by atoms with van der Waals surface area (Å²) in [5.74, 6) is -1.22. The largest absolute Gasteiger partial charge is 0.480 e. The Bertz CT molecular complexity index is 270. The van der Waals surface area contributed by atoms with Crippen molar-refractivity contribution in [3.8, 4) is 0 Å². The van der Waals surface area contributed by atoms with Gasteiger partial charge in [-0.1, -0.05) is 6.92 Å². The molecule has 1 heterocycles. The zero-order chi connectivity index (χ0) is 12.1. The molecule has 6 nitrogen and oxygen atoms in total. The SMILES string of the molecule is CCC1CCCN1C(=O)N[C@H](CO)C(=O)O. The number of carbonyl (C=O) groups is 2. The molecular formula is C10H18N2O4. The Morgan fingerprint density at radius 3 is 2.75 bits per heavy atom. The number of carboxylic acid groups (broad SMARTS) is 1. The molecule has 1 fully saturated rings. The van der Waals surface area contributed by atoms with Crippen molar-refractivity contribution in [2.24, 2.45) is 0 Å². The first kappa shape index (κ1) is 12.8. The van der Waals surface area contributed by atoms with Crippen LogP contribution in [0, 0.1) is 0 Å². The Morgan fingerprint density at radius 2 is 2.25 bits per heavy atom. The van der Waals surface area contributed by atoms with Crippen molar-refractivity contribution in [3.63, 3.8) is 0 Å². The lowest BCUT2D eigenvalue weighted by molar-refractivity contribution is -0.140. The molecule has 0 bridgehead atoms. The molecule has 3 N–H and O–H groups in total. The lowest BCUT2D eigenvalue weighted by Crippen LogP contribution is -2.50. The molecule has 0 spiro atoms. The lowest BCUT2D eigenvalue weighted by Gasteiger charge is -2.25. The minimum Gasteiger partial charge on any atom is -0.480 e. The van der Waals surface area contributed by atoms with Gasteiger partial charge in [-0.05, 0) is 19.3 Å². The molecule has 0 aromatic carbocycles. The normalized spacial score (nSPS) is 21.9. The Hall–Kier alpha value is -1.30. The van der Waals surface area contributed by atoms with Gasteiger partial charge >= 0.3 is 12.0 Å². The molecule has 6 heteroatoms. The molecule has 0 aromatic rings. The second-order valence-electron chi connectivity index (χ2n) is 3.92. The number of amides is 2. The summed E-state index contributed by atoms with van der Waals surface area (Å²) in [6, 6.07) is -1.43. The summed E-state index contributed by atoms with van der Waals surface area (Å²) >= 11 is 0. The van der Waals surface area contributed by atoms with Crippen molar-refractivity contribution in [1.29, 1.82) is 0 Å². The number of aliphatic hydroxyl groups is 1. The molecule has 2 amide bonds. The Morgan fingerprint density at radius 1 is 1.56 bits per heavy atom. The summed E-state index contributed by atoms with van der Waals surface area (Å²) < 4.78 is 0. The van der Waals surface area contributed by atoms with E-state index in [-0.39, 0.29) is 6.04 Å². The highest BCUT2D eigenvalue weighted by molar-refractivity contribution is 5.82. The number of carboxylic acids is 1. The zero-order valence-electron chi connectivity index (χ0n) is 9.35. The van der Waals surface area contributed by atoms with Crippen molar-refractivity contribution in [3.05, 3.63) is 0 Å². The number of nitrogens with one attached hydrogen (secondary N) is 1. The molecule has 1 aliphatic rings. The van der Waals surface area contributed by atoms with Crippen LogP contribution in [0.3, 0.4) is 0 Å². The average Bonchev–Trinajstić information content (AvgIpc) is 2.72. The summed E-state index contributed by atoms with van der Waals surface area (Å²) in [5, 5.41) is 19.8. The van der Waals surface area contributed by atoms with Gasteiger partial charge in [-0.3, -0.25) is 0 Å². The molecule has 1 rings (SSSR count). The van der Waals surface area contributed by atoms with E-state index in [1.54, 1.807) is 4.90 Å². The number of rotatable bonds is 4. The monoisotopic (exact) mass is 230 g/mol. The van der Waals surface area contributed by atoms with E-state index in [4.69, 9.17) is 10.2 Å². The number of aliphatic hydroxyl groups excluding tert-OH is 1. The van der Waals surface area contributed by atoms with Gasteiger partial charge in [-0.25, -0.2) is 9.59 Å². The van der Waals surface area contributed by atoms with Gasteiger partial charge in [0.05, 0.1) is 6.61 Å². The van der Waals surface area contributed by atoms with E-state index >= 15 is 0 Å². The fourth-order valence-corrected chi connectivity index (χ4v) is 1.94. The molecule has 1 unspecified atom stereocenters. The van der Waals surface area contributed by atoms with Crippen molar-refractivity contribution < 1.29 is 19.8 Å². The first-order chi connectivity index (χ1) is 7.60. The van der Waals surface area contributed by atoms with Crippen LogP contribution in [-0.2, 0) is 4.79 Å². The first-order valence-electron chi connectivity index (χ1n) is 5.51. The summed E-state index contributed by atoms with van der Waals surface area (Å²) in [6.45, 7) is 2.06. The first-order valence-corrected chi connectivity index (χ1v) is 5.51. The second kappa shape index (κ2) is 5.69. The van der Waals surface area contributed by atoms with Gasteiger partial charge in [0, 0.05) is 12.6 Å². The number of nitrogens with zero attached hydrogens (tertiary/aromatic N) is 1. The van der Waals surface area contributed by atoms with Crippen LogP contribution >= 0.6 is 0 Å². The highest BCUT2D eigenvalue weighted by Crippen LogP contribution is 2.19. The molecule has 92 valence electrons. The fraction of sp³-hybridized carbons (Fsp3) is 0.800. The molecule has 2 atom stereocenters. The lowest BCUT2D eigenvalue weighted by atomic mass is 10.2. The van der Waals surface area contributed by atoms with Gasteiger partial charge in [0.2, 0.25) is 0 Å². The third kappa shape index (κ3) is 2.85. The number of urea groups is 1. The average molecular weight is 230 g/mol. The standard InChI is InChI=1S/C10H18N2O4/c1-2-7-4-3-5-12(7)10(16)11-8(6-13)9(14)15/h7-8,13H,2-6H2,1H3,(H,11,16)(H,14,15)/t7?,8-/m1/s1. The van der Waals surface area contributed by atoms with Crippen molar-refractivity contribution in [1.82, 2.24) is 10.2 Å². The molecule has 1 aliphatic heterocycles. The van der Waals surface area contributed by atoms with Crippen molar-refractivity contribution >= 4 is 12.0 Å². The maximum absolute atomic E-state index is 11.7. The van der Waals surface area contributed by atoms with E-state index in [0.717, 1.165) is 19.3 Å². The minimum atomic E-state index is -1.22. The van der Waals surface area contributed by atoms with Crippen LogP contribution in [0.1, 0.15) is 26.2 Å². The Balaban J connectivity index is 2.54. The van der Waals surface area contributed by atoms with Crippen molar-refractivity contribution in [2.45, 2.75) is 38.3 Å². The van der Waals surface area contributed by atoms with E-state index in [1.807, 2.05) is 6.92 Å². The number of hydrogen-bond acceptors (Lipinski definition) is 3. The van der Waals surface area contributed by atoms with Crippen LogP contribution in [-0.4, -0.2) is 52.3 Å². The van der Waals surface area contributed by atoms with E-state index in [0.29, 0.717) is 6.54 Å². The maximum atomic E-state index is 11.7. The van der Waals surface area contributed by atoms with Crippen LogP contribution < -0.4 is 5.32 Å². The molecule has 0 aliphatic carbocycles. The van der Waals surface area contributed by atoms with Gasteiger partial charge in [0.25, 0.3) is 0 Å². The minimum absolute atomic E-state index is 0.188. The molecule has 16 heavy (non-hydrogen) atoms. The van der Waals surface area contributed by atoms with E-state index < -0.39 is 24.6 Å². The van der Waals surface area contributed by atoms with Crippen LogP contribution in [0.5, 0.6) is 0 Å². The van der Waals surface area contributed by atoms with Crippen molar-refractivity contribution in [2.75, 3.05) is 13.2 Å². The molecule has 0 saturated carbocycles. The highest BCUT2D eigenvalue weighted by Gasteiger charge is 2.29. The number of likely N-dealkylation sites (tertiary alicyclic amines) is 1. The quantitative estimate of drug-likeness (QED) is 0.635. The van der Waals surface area contributed by atoms with Gasteiger partial charge in [0.15, 0.2) is 6.04 Å². The summed E-state index contributed by atoms with van der Waals surface area (Å²) in [7, 11) is 0. The van der Waals surface area contributed by atoms with Gasteiger partial charge < -0.3 is 20.4 Å². The summed E-state index contributed by atoms with van der Waals surface area (Å²) in [4.78, 5) is 24.0. The molecular weight excluding hydrogens is 212 g/mol. The molecule has 1 saturated heterocycles. The van der Waals surface area contributed by atoms with E-state index in [1.165, 1.54) is 0 Å². The Labute approximate surface area is 94.2 Å². The second-order valence-corrected chi connectivity index (χ2v) is 3.92. The predicted octanol–water partition coefficient (Wildman–Crippen LogP) is 0.0159. The van der Waals surface area contributed by atoms with E-state index in [9.17, 15) is 9.59 Å². The third-order valence-corrected chi connectivity index (χ3v) is 2.89. The van der Waals surface area contributed by atoms with E-state index in [2.05, 4.69) is 5.32 Å². The topological polar surface area (TPSA) is 89.9 Å².